The summed E-state index contributed by atoms with van der Waals surface area (Å²) < 4.78 is 1.46. The summed E-state index contributed by atoms with van der Waals surface area (Å²) in [6.45, 7) is 10.5. The van der Waals surface area contributed by atoms with Crippen LogP contribution in [0.15, 0.2) is 0 Å². The molecule has 0 spiro atoms. The van der Waals surface area contributed by atoms with Crippen molar-refractivity contribution >= 4 is 0 Å². The van der Waals surface area contributed by atoms with Crippen molar-refractivity contribution in [3.05, 3.63) is 0 Å². The molecule has 0 aliphatic carbocycles. The average Bonchev–Trinajstić information content (AvgIpc) is 2.39. The Labute approximate surface area is 128 Å². The first-order valence-electron chi connectivity index (χ1n) is 8.68. The highest BCUT2D eigenvalue weighted by atomic mass is 35.5. The first-order chi connectivity index (χ1) is 8.83. The summed E-state index contributed by atoms with van der Waals surface area (Å²) in [4.78, 5) is 0. The third-order valence-electron chi connectivity index (χ3n) is 4.70. The third-order valence-corrected chi connectivity index (χ3v) is 4.70. The number of nitrogens with zero attached hydrogens (tertiary/aromatic N) is 1. The zero-order valence-corrected chi connectivity index (χ0v) is 14.2. The second-order valence-corrected chi connectivity index (χ2v) is 6.42. The summed E-state index contributed by atoms with van der Waals surface area (Å²) in [7, 11) is 0. The van der Waals surface area contributed by atoms with Crippen molar-refractivity contribution in [3.63, 3.8) is 0 Å². The summed E-state index contributed by atoms with van der Waals surface area (Å²) in [5, 5.41) is 0. The minimum absolute atomic E-state index is 0. The van der Waals surface area contributed by atoms with Crippen LogP contribution in [0.25, 0.3) is 0 Å². The van der Waals surface area contributed by atoms with Crippen LogP contribution in [0, 0.1) is 0 Å². The van der Waals surface area contributed by atoms with Crippen LogP contribution in [0.1, 0.15) is 84.5 Å². The van der Waals surface area contributed by atoms with Crippen LogP contribution in [0.2, 0.25) is 0 Å². The Hall–Kier alpha value is 0.250. The normalized spacial score (nSPS) is 18.0. The number of likely N-dealkylation sites (tertiary alicyclic amines) is 1. The molecular formula is C17H36ClN. The van der Waals surface area contributed by atoms with E-state index in [0.717, 1.165) is 0 Å². The summed E-state index contributed by atoms with van der Waals surface area (Å²) in [5.74, 6) is 0. The van der Waals surface area contributed by atoms with E-state index in [2.05, 4.69) is 13.8 Å². The highest BCUT2D eigenvalue weighted by molar-refractivity contribution is 4.55. The Morgan fingerprint density at radius 1 is 0.632 bits per heavy atom. The second kappa shape index (κ2) is 12.0. The maximum atomic E-state index is 2.36. The molecule has 1 fully saturated rings. The Balaban J connectivity index is 0.00000324. The van der Waals surface area contributed by atoms with Crippen LogP contribution in [-0.2, 0) is 0 Å². The minimum atomic E-state index is 0. The van der Waals surface area contributed by atoms with Gasteiger partial charge in [-0.3, -0.25) is 0 Å². The Morgan fingerprint density at radius 3 is 1.79 bits per heavy atom. The van der Waals surface area contributed by atoms with Crippen molar-refractivity contribution in [1.29, 1.82) is 0 Å². The molecule has 1 aliphatic heterocycles. The van der Waals surface area contributed by atoms with Crippen LogP contribution in [0.3, 0.4) is 0 Å². The molecule has 0 unspecified atom stereocenters. The smallest absolute Gasteiger partial charge is 0.0786 e. The summed E-state index contributed by atoms with van der Waals surface area (Å²) in [6, 6.07) is 0. The predicted octanol–water partition coefficient (Wildman–Crippen LogP) is 2.15. The van der Waals surface area contributed by atoms with E-state index in [1.165, 1.54) is 101 Å². The van der Waals surface area contributed by atoms with Gasteiger partial charge in [0.25, 0.3) is 0 Å². The molecule has 0 bridgehead atoms. The van der Waals surface area contributed by atoms with Crippen molar-refractivity contribution in [1.82, 2.24) is 0 Å². The van der Waals surface area contributed by atoms with Crippen LogP contribution >= 0.6 is 0 Å². The highest BCUT2D eigenvalue weighted by Gasteiger charge is 2.27. The number of piperidine rings is 1. The van der Waals surface area contributed by atoms with Gasteiger partial charge in [0.1, 0.15) is 0 Å². The number of hydrogen-bond donors (Lipinski definition) is 0. The third kappa shape index (κ3) is 8.19. The first kappa shape index (κ1) is 19.2. The molecule has 1 nitrogen and oxygen atoms in total. The first-order valence-corrected chi connectivity index (χ1v) is 8.68. The molecule has 0 aromatic heterocycles. The molecule has 1 saturated heterocycles. The molecule has 0 radical (unpaired) electrons. The van der Waals surface area contributed by atoms with E-state index >= 15 is 0 Å². The van der Waals surface area contributed by atoms with Crippen molar-refractivity contribution in [3.8, 4) is 0 Å². The number of rotatable bonds is 10. The lowest BCUT2D eigenvalue weighted by Crippen LogP contribution is -3.00. The van der Waals surface area contributed by atoms with Gasteiger partial charge in [-0.25, -0.2) is 0 Å². The lowest BCUT2D eigenvalue weighted by molar-refractivity contribution is -0.932. The minimum Gasteiger partial charge on any atom is -1.00 e. The summed E-state index contributed by atoms with van der Waals surface area (Å²) >= 11 is 0. The monoisotopic (exact) mass is 289 g/mol. The SMILES string of the molecule is CCCCCCCCC[N+]1(CCC)CCCCC1.[Cl-]. The van der Waals surface area contributed by atoms with Gasteiger partial charge in [-0.2, -0.15) is 0 Å². The van der Waals surface area contributed by atoms with Gasteiger partial charge in [-0.1, -0.05) is 46.0 Å². The highest BCUT2D eigenvalue weighted by Crippen LogP contribution is 2.21. The van der Waals surface area contributed by atoms with Gasteiger partial charge in [0.15, 0.2) is 0 Å². The zero-order chi connectivity index (χ0) is 13.1. The number of quaternary nitrogens is 1. The molecule has 0 saturated carbocycles. The van der Waals surface area contributed by atoms with Gasteiger partial charge < -0.3 is 16.9 Å². The molecule has 0 aromatic carbocycles. The largest absolute Gasteiger partial charge is 1.00 e. The Kier molecular flexibility index (Phi) is 12.2. The fourth-order valence-corrected chi connectivity index (χ4v) is 3.62. The molecule has 1 rings (SSSR count). The van der Waals surface area contributed by atoms with Crippen LogP contribution < -0.4 is 12.4 Å². The van der Waals surface area contributed by atoms with Crippen LogP contribution in [-0.4, -0.2) is 30.7 Å². The fraction of sp³-hybridized carbons (Fsp3) is 1.00. The van der Waals surface area contributed by atoms with E-state index in [9.17, 15) is 0 Å². The van der Waals surface area contributed by atoms with Gasteiger partial charge in [0.05, 0.1) is 26.2 Å². The van der Waals surface area contributed by atoms with Gasteiger partial charge in [-0.15, -0.1) is 0 Å². The molecular weight excluding hydrogens is 254 g/mol. The van der Waals surface area contributed by atoms with Crippen molar-refractivity contribution in [2.75, 3.05) is 26.2 Å². The van der Waals surface area contributed by atoms with E-state index in [-0.39, 0.29) is 12.4 Å². The van der Waals surface area contributed by atoms with Crippen LogP contribution in [0.4, 0.5) is 0 Å². The quantitative estimate of drug-likeness (QED) is 0.427. The lowest BCUT2D eigenvalue weighted by Gasteiger charge is -2.41. The van der Waals surface area contributed by atoms with Gasteiger partial charge in [-0.05, 0) is 38.5 Å². The molecule has 116 valence electrons. The van der Waals surface area contributed by atoms with Crippen molar-refractivity contribution < 1.29 is 16.9 Å². The summed E-state index contributed by atoms with van der Waals surface area (Å²) in [5.41, 5.74) is 0. The van der Waals surface area contributed by atoms with E-state index in [4.69, 9.17) is 0 Å². The number of hydrogen-bond acceptors (Lipinski definition) is 0. The molecule has 0 N–H and O–H groups in total. The maximum Gasteiger partial charge on any atom is 0.0786 e. The standard InChI is InChI=1S/C17H36N.ClH/c1-3-5-6-7-8-9-11-15-18(14-4-2)16-12-10-13-17-18;/h3-17H2,1-2H3;1H/q+1;/p-1. The zero-order valence-electron chi connectivity index (χ0n) is 13.4. The van der Waals surface area contributed by atoms with Gasteiger partial charge >= 0.3 is 0 Å². The Morgan fingerprint density at radius 2 is 1.21 bits per heavy atom. The molecule has 1 heterocycles. The van der Waals surface area contributed by atoms with Crippen LogP contribution in [0.5, 0.6) is 0 Å². The number of halogens is 1. The average molecular weight is 290 g/mol. The second-order valence-electron chi connectivity index (χ2n) is 6.42. The molecule has 0 amide bonds. The van der Waals surface area contributed by atoms with Crippen molar-refractivity contribution in [2.45, 2.75) is 84.5 Å². The van der Waals surface area contributed by atoms with Crippen molar-refractivity contribution in [2.24, 2.45) is 0 Å². The van der Waals surface area contributed by atoms with E-state index in [1.54, 1.807) is 0 Å². The molecule has 0 aromatic rings. The van der Waals surface area contributed by atoms with Gasteiger partial charge in [0, 0.05) is 0 Å². The molecule has 2 heteroatoms. The predicted molar refractivity (Wildman–Crippen MR) is 81.9 cm³/mol. The van der Waals surface area contributed by atoms with Gasteiger partial charge in [0.2, 0.25) is 0 Å². The Bertz CT molecular complexity index is 182. The van der Waals surface area contributed by atoms with E-state index in [1.807, 2.05) is 0 Å². The molecule has 1 aliphatic rings. The summed E-state index contributed by atoms with van der Waals surface area (Å²) in [6.07, 6.45) is 16.0. The number of unbranched alkanes of at least 4 members (excludes halogenated alkanes) is 6. The van der Waals surface area contributed by atoms with E-state index < -0.39 is 0 Å². The molecule has 19 heavy (non-hydrogen) atoms. The van der Waals surface area contributed by atoms with E-state index in [0.29, 0.717) is 0 Å². The maximum absolute atomic E-state index is 2.36. The molecule has 0 atom stereocenters. The fourth-order valence-electron chi connectivity index (χ4n) is 3.62. The lowest BCUT2D eigenvalue weighted by atomic mass is 10.0. The topological polar surface area (TPSA) is 0 Å².